The number of nitrogens with one attached hydrogen (secondary N) is 2. The summed E-state index contributed by atoms with van der Waals surface area (Å²) >= 11 is 0. The van der Waals surface area contributed by atoms with Crippen LogP contribution in [0.4, 0.5) is 10.1 Å². The highest BCUT2D eigenvalue weighted by Crippen LogP contribution is 2.25. The molecule has 0 aromatic heterocycles. The number of nitrogens with zero attached hydrogens (tertiary/aromatic N) is 1. The third-order valence-electron chi connectivity index (χ3n) is 4.49. The van der Waals surface area contributed by atoms with E-state index < -0.39 is 0 Å². The van der Waals surface area contributed by atoms with Gasteiger partial charge in [-0.2, -0.15) is 0 Å². The van der Waals surface area contributed by atoms with Gasteiger partial charge in [-0.15, -0.1) is 0 Å². The fraction of sp³-hybridized carbons (Fsp3) is 0.562. The number of amides is 1. The van der Waals surface area contributed by atoms with Crippen molar-refractivity contribution in [1.82, 2.24) is 10.2 Å². The second-order valence-corrected chi connectivity index (χ2v) is 5.87. The summed E-state index contributed by atoms with van der Waals surface area (Å²) in [5.41, 5.74) is 0.665. The minimum Gasteiger partial charge on any atom is -0.325 e. The maximum atomic E-state index is 12.9. The van der Waals surface area contributed by atoms with Crippen molar-refractivity contribution in [2.24, 2.45) is 0 Å². The molecule has 21 heavy (non-hydrogen) atoms. The fourth-order valence-electron chi connectivity index (χ4n) is 3.40. The van der Waals surface area contributed by atoms with Crippen molar-refractivity contribution >= 4 is 11.6 Å². The molecule has 2 N–H and O–H groups in total. The Morgan fingerprint density at radius 1 is 1.19 bits per heavy atom. The maximum Gasteiger partial charge on any atom is 0.241 e. The summed E-state index contributed by atoms with van der Waals surface area (Å²) in [6, 6.07) is 6.42. The van der Waals surface area contributed by atoms with Crippen molar-refractivity contribution in [1.29, 1.82) is 0 Å². The van der Waals surface area contributed by atoms with Gasteiger partial charge in [-0.1, -0.05) is 0 Å². The van der Waals surface area contributed by atoms with E-state index in [1.165, 1.54) is 12.1 Å². The predicted octanol–water partition coefficient (Wildman–Crippen LogP) is 1.98. The average molecular weight is 291 g/mol. The van der Waals surface area contributed by atoms with E-state index >= 15 is 0 Å². The molecule has 2 aliphatic rings. The Bertz CT molecular complexity index is 485. The minimum absolute atomic E-state index is 0.0395. The van der Waals surface area contributed by atoms with Crippen molar-refractivity contribution in [2.75, 3.05) is 25.0 Å². The lowest BCUT2D eigenvalue weighted by molar-refractivity contribution is -0.121. The molecule has 3 rings (SSSR count). The fourth-order valence-corrected chi connectivity index (χ4v) is 3.40. The zero-order valence-corrected chi connectivity index (χ0v) is 12.1. The summed E-state index contributed by atoms with van der Waals surface area (Å²) in [7, 11) is 0. The first-order chi connectivity index (χ1) is 10.2. The Labute approximate surface area is 124 Å². The number of benzene rings is 1. The Morgan fingerprint density at radius 2 is 1.90 bits per heavy atom. The Balaban J connectivity index is 1.63. The quantitative estimate of drug-likeness (QED) is 0.895. The molecule has 2 saturated heterocycles. The lowest BCUT2D eigenvalue weighted by Crippen LogP contribution is -2.49. The van der Waals surface area contributed by atoms with E-state index in [0.717, 1.165) is 45.3 Å². The van der Waals surface area contributed by atoms with E-state index in [1.807, 2.05) is 0 Å². The molecule has 0 spiro atoms. The molecule has 4 nitrogen and oxygen atoms in total. The van der Waals surface area contributed by atoms with Crippen molar-refractivity contribution in [3.05, 3.63) is 30.1 Å². The monoisotopic (exact) mass is 291 g/mol. The van der Waals surface area contributed by atoms with E-state index in [4.69, 9.17) is 0 Å². The van der Waals surface area contributed by atoms with Crippen LogP contribution in [0.5, 0.6) is 0 Å². The summed E-state index contributed by atoms with van der Waals surface area (Å²) in [5.74, 6) is -0.247. The van der Waals surface area contributed by atoms with E-state index in [1.54, 1.807) is 12.1 Å². The van der Waals surface area contributed by atoms with Gasteiger partial charge in [0.2, 0.25) is 5.91 Å². The largest absolute Gasteiger partial charge is 0.325 e. The van der Waals surface area contributed by atoms with Crippen molar-refractivity contribution in [3.8, 4) is 0 Å². The van der Waals surface area contributed by atoms with Gasteiger partial charge in [-0.05, 0) is 69.6 Å². The number of piperidine rings is 1. The van der Waals surface area contributed by atoms with Crippen LogP contribution in [0.3, 0.4) is 0 Å². The Hall–Kier alpha value is -1.46. The number of anilines is 1. The number of halogens is 1. The van der Waals surface area contributed by atoms with E-state index in [-0.39, 0.29) is 17.8 Å². The Kier molecular flexibility index (Phi) is 4.51. The van der Waals surface area contributed by atoms with Crippen LogP contribution in [0.2, 0.25) is 0 Å². The van der Waals surface area contributed by atoms with Gasteiger partial charge in [0.25, 0.3) is 0 Å². The van der Waals surface area contributed by atoms with Crippen LogP contribution in [-0.2, 0) is 4.79 Å². The van der Waals surface area contributed by atoms with Crippen LogP contribution in [0.1, 0.15) is 25.7 Å². The van der Waals surface area contributed by atoms with Crippen LogP contribution in [0.25, 0.3) is 0 Å². The first-order valence-corrected chi connectivity index (χ1v) is 7.77. The van der Waals surface area contributed by atoms with E-state index in [2.05, 4.69) is 15.5 Å². The number of likely N-dealkylation sites (tertiary alicyclic amines) is 1. The molecule has 5 heteroatoms. The predicted molar refractivity (Wildman–Crippen MR) is 80.6 cm³/mol. The summed E-state index contributed by atoms with van der Waals surface area (Å²) < 4.78 is 12.9. The van der Waals surface area contributed by atoms with Crippen LogP contribution >= 0.6 is 0 Å². The molecule has 0 radical (unpaired) electrons. The molecule has 1 aromatic carbocycles. The van der Waals surface area contributed by atoms with Crippen molar-refractivity contribution < 1.29 is 9.18 Å². The van der Waals surface area contributed by atoms with Gasteiger partial charge < -0.3 is 10.6 Å². The lowest BCUT2D eigenvalue weighted by atomic mass is 10.0. The van der Waals surface area contributed by atoms with E-state index in [9.17, 15) is 9.18 Å². The first kappa shape index (κ1) is 14.5. The highest BCUT2D eigenvalue weighted by Gasteiger charge is 2.35. The molecule has 114 valence electrons. The molecule has 2 fully saturated rings. The minimum atomic E-state index is -0.287. The number of hydrogen-bond acceptors (Lipinski definition) is 3. The van der Waals surface area contributed by atoms with Crippen molar-refractivity contribution in [2.45, 2.75) is 37.8 Å². The van der Waals surface area contributed by atoms with Gasteiger partial charge in [0, 0.05) is 11.7 Å². The third-order valence-corrected chi connectivity index (χ3v) is 4.49. The molecule has 1 amide bonds. The molecule has 0 aliphatic carbocycles. The molecular formula is C16H22FN3O. The summed E-state index contributed by atoms with van der Waals surface area (Å²) in [5, 5.41) is 6.28. The van der Waals surface area contributed by atoms with E-state index in [0.29, 0.717) is 11.7 Å². The number of rotatable bonds is 3. The molecule has 1 atom stereocenters. The van der Waals surface area contributed by atoms with Crippen LogP contribution in [0.15, 0.2) is 24.3 Å². The van der Waals surface area contributed by atoms with Crippen molar-refractivity contribution in [3.63, 3.8) is 0 Å². The SMILES string of the molecule is O=C(Nc1ccc(F)cc1)C1CCCN1C1CCNCC1. The highest BCUT2D eigenvalue weighted by atomic mass is 19.1. The number of hydrogen-bond donors (Lipinski definition) is 2. The standard InChI is InChI=1S/C16H22FN3O/c17-12-3-5-13(6-4-12)19-16(21)15-2-1-11-20(15)14-7-9-18-10-8-14/h3-6,14-15,18H,1-2,7-11H2,(H,19,21). The molecule has 1 unspecified atom stereocenters. The van der Waals surface area contributed by atoms with Gasteiger partial charge in [-0.3, -0.25) is 9.69 Å². The third kappa shape index (κ3) is 3.41. The Morgan fingerprint density at radius 3 is 2.62 bits per heavy atom. The lowest BCUT2D eigenvalue weighted by Gasteiger charge is -2.35. The first-order valence-electron chi connectivity index (χ1n) is 7.77. The summed E-state index contributed by atoms with van der Waals surface area (Å²) in [4.78, 5) is 14.9. The van der Waals surface area contributed by atoms with Gasteiger partial charge in [-0.25, -0.2) is 4.39 Å². The molecule has 0 saturated carbocycles. The maximum absolute atomic E-state index is 12.9. The zero-order valence-electron chi connectivity index (χ0n) is 12.1. The highest BCUT2D eigenvalue weighted by molar-refractivity contribution is 5.95. The smallest absolute Gasteiger partial charge is 0.241 e. The molecule has 1 aromatic rings. The van der Waals surface area contributed by atoms with Gasteiger partial charge in [0.15, 0.2) is 0 Å². The van der Waals surface area contributed by atoms with Crippen LogP contribution < -0.4 is 10.6 Å². The molecule has 2 aliphatic heterocycles. The molecular weight excluding hydrogens is 269 g/mol. The average Bonchev–Trinajstić information content (AvgIpc) is 3.00. The van der Waals surface area contributed by atoms with Crippen LogP contribution in [-0.4, -0.2) is 42.5 Å². The molecule has 2 heterocycles. The summed E-state index contributed by atoms with van der Waals surface area (Å²) in [6.45, 7) is 3.08. The second-order valence-electron chi connectivity index (χ2n) is 5.87. The van der Waals surface area contributed by atoms with Gasteiger partial charge >= 0.3 is 0 Å². The van der Waals surface area contributed by atoms with Gasteiger partial charge in [0.05, 0.1) is 6.04 Å². The molecule has 0 bridgehead atoms. The second kappa shape index (κ2) is 6.54. The zero-order chi connectivity index (χ0) is 14.7. The number of carbonyl (C=O) groups is 1. The normalized spacial score (nSPS) is 24.1. The van der Waals surface area contributed by atoms with Crippen LogP contribution in [0, 0.1) is 5.82 Å². The topological polar surface area (TPSA) is 44.4 Å². The van der Waals surface area contributed by atoms with Gasteiger partial charge in [0.1, 0.15) is 5.82 Å². The number of carbonyl (C=O) groups excluding carboxylic acids is 1. The summed E-state index contributed by atoms with van der Waals surface area (Å²) in [6.07, 6.45) is 4.21.